The van der Waals surface area contributed by atoms with Crippen LogP contribution >= 0.6 is 11.8 Å². The molecule has 0 radical (unpaired) electrons. The second kappa shape index (κ2) is 5.26. The van der Waals surface area contributed by atoms with Crippen LogP contribution in [0.2, 0.25) is 0 Å². The molecule has 0 saturated heterocycles. The molecule has 0 amide bonds. The van der Waals surface area contributed by atoms with Gasteiger partial charge in [0.25, 0.3) is 0 Å². The van der Waals surface area contributed by atoms with E-state index in [0.29, 0.717) is 11.7 Å². The molecule has 2 aromatic heterocycles. The number of hydrogen-bond acceptors (Lipinski definition) is 4. The zero-order valence-electron chi connectivity index (χ0n) is 10.2. The van der Waals surface area contributed by atoms with Gasteiger partial charge in [-0.25, -0.2) is 9.97 Å². The predicted molar refractivity (Wildman–Crippen MR) is 67.6 cm³/mol. The molecule has 0 aliphatic carbocycles. The highest BCUT2D eigenvalue weighted by Gasteiger charge is 2.10. The van der Waals surface area contributed by atoms with Crippen molar-refractivity contribution in [2.45, 2.75) is 18.6 Å². The number of rotatable bonds is 5. The standard InChI is InChI=1S/C11H14N4O2S/c1-8-5-15(6-9-12-3-4-14(9)2)11(13-8)18-7-10(16)17/h3-5H,6-7H2,1-2H3,(H,16,17). The summed E-state index contributed by atoms with van der Waals surface area (Å²) in [5.41, 5.74) is 0.872. The van der Waals surface area contributed by atoms with Gasteiger partial charge in [-0.15, -0.1) is 0 Å². The number of carbonyl (C=O) groups is 1. The van der Waals surface area contributed by atoms with E-state index in [-0.39, 0.29) is 5.75 Å². The van der Waals surface area contributed by atoms with Crippen LogP contribution in [0.25, 0.3) is 0 Å². The van der Waals surface area contributed by atoms with Crippen molar-refractivity contribution in [1.82, 2.24) is 19.1 Å². The SMILES string of the molecule is Cc1cn(Cc2nccn2C)c(SCC(=O)O)n1. The Hall–Kier alpha value is -1.76. The van der Waals surface area contributed by atoms with Gasteiger partial charge in [-0.05, 0) is 6.92 Å². The molecule has 0 aliphatic rings. The van der Waals surface area contributed by atoms with Crippen molar-refractivity contribution < 1.29 is 9.90 Å². The van der Waals surface area contributed by atoms with Gasteiger partial charge in [-0.3, -0.25) is 4.79 Å². The summed E-state index contributed by atoms with van der Waals surface area (Å²) in [7, 11) is 1.93. The molecule has 0 atom stereocenters. The Morgan fingerprint density at radius 2 is 2.33 bits per heavy atom. The minimum absolute atomic E-state index is 0.0109. The Labute approximate surface area is 109 Å². The molecule has 2 rings (SSSR count). The van der Waals surface area contributed by atoms with E-state index >= 15 is 0 Å². The van der Waals surface area contributed by atoms with Crippen LogP contribution in [0.1, 0.15) is 11.5 Å². The average Bonchev–Trinajstić information content (AvgIpc) is 2.84. The Balaban J connectivity index is 2.17. The highest BCUT2D eigenvalue weighted by molar-refractivity contribution is 7.99. The van der Waals surface area contributed by atoms with E-state index in [1.54, 1.807) is 6.20 Å². The Bertz CT molecular complexity index is 561. The molecule has 0 aliphatic heterocycles. The van der Waals surface area contributed by atoms with Crippen LogP contribution in [0.3, 0.4) is 0 Å². The molecule has 2 aromatic rings. The minimum Gasteiger partial charge on any atom is -0.481 e. The fourth-order valence-corrected chi connectivity index (χ4v) is 2.32. The van der Waals surface area contributed by atoms with Gasteiger partial charge in [0.15, 0.2) is 5.16 Å². The smallest absolute Gasteiger partial charge is 0.313 e. The lowest BCUT2D eigenvalue weighted by Gasteiger charge is -2.06. The average molecular weight is 266 g/mol. The van der Waals surface area contributed by atoms with Crippen LogP contribution in [-0.2, 0) is 18.4 Å². The van der Waals surface area contributed by atoms with Crippen molar-refractivity contribution in [3.05, 3.63) is 30.1 Å². The molecular formula is C11H14N4O2S. The van der Waals surface area contributed by atoms with E-state index in [4.69, 9.17) is 5.11 Å². The second-order valence-corrected chi connectivity index (χ2v) is 4.87. The monoisotopic (exact) mass is 266 g/mol. The summed E-state index contributed by atoms with van der Waals surface area (Å²) < 4.78 is 3.85. The van der Waals surface area contributed by atoms with Crippen molar-refractivity contribution in [2.75, 3.05) is 5.75 Å². The van der Waals surface area contributed by atoms with Crippen LogP contribution in [0.5, 0.6) is 0 Å². The van der Waals surface area contributed by atoms with E-state index < -0.39 is 5.97 Å². The van der Waals surface area contributed by atoms with Crippen molar-refractivity contribution in [3.63, 3.8) is 0 Å². The van der Waals surface area contributed by atoms with Crippen LogP contribution in [0, 0.1) is 6.92 Å². The van der Waals surface area contributed by atoms with Gasteiger partial charge in [0.2, 0.25) is 0 Å². The van der Waals surface area contributed by atoms with E-state index in [2.05, 4.69) is 9.97 Å². The third kappa shape index (κ3) is 2.92. The number of aliphatic carboxylic acids is 1. The highest BCUT2D eigenvalue weighted by atomic mass is 32.2. The Kier molecular flexibility index (Phi) is 3.71. The predicted octanol–water partition coefficient (Wildman–Crippen LogP) is 1.15. The fourth-order valence-electron chi connectivity index (χ4n) is 1.58. The first-order chi connectivity index (χ1) is 8.56. The molecule has 0 saturated carbocycles. The van der Waals surface area contributed by atoms with Gasteiger partial charge < -0.3 is 14.2 Å². The van der Waals surface area contributed by atoms with Gasteiger partial charge in [-0.2, -0.15) is 0 Å². The Morgan fingerprint density at radius 1 is 1.56 bits per heavy atom. The summed E-state index contributed by atoms with van der Waals surface area (Å²) >= 11 is 1.22. The third-order valence-electron chi connectivity index (χ3n) is 2.42. The van der Waals surface area contributed by atoms with Gasteiger partial charge in [-0.1, -0.05) is 11.8 Å². The summed E-state index contributed by atoms with van der Waals surface area (Å²) in [5, 5.41) is 9.41. The van der Waals surface area contributed by atoms with E-state index in [9.17, 15) is 4.79 Å². The van der Waals surface area contributed by atoms with Gasteiger partial charge in [0, 0.05) is 25.6 Å². The first-order valence-corrected chi connectivity index (χ1v) is 6.39. The molecule has 0 bridgehead atoms. The molecule has 7 heteroatoms. The number of aryl methyl sites for hydroxylation is 2. The molecule has 2 heterocycles. The number of hydrogen-bond donors (Lipinski definition) is 1. The van der Waals surface area contributed by atoms with Crippen LogP contribution < -0.4 is 0 Å². The fraction of sp³-hybridized carbons (Fsp3) is 0.364. The zero-order chi connectivity index (χ0) is 13.1. The third-order valence-corrected chi connectivity index (χ3v) is 3.39. The maximum absolute atomic E-state index is 10.6. The summed E-state index contributed by atoms with van der Waals surface area (Å²) in [6, 6.07) is 0. The normalized spacial score (nSPS) is 10.8. The lowest BCUT2D eigenvalue weighted by molar-refractivity contribution is -0.133. The zero-order valence-corrected chi connectivity index (χ0v) is 11.0. The van der Waals surface area contributed by atoms with Crippen LogP contribution in [-0.4, -0.2) is 35.9 Å². The molecule has 6 nitrogen and oxygen atoms in total. The lowest BCUT2D eigenvalue weighted by Crippen LogP contribution is -2.07. The van der Waals surface area contributed by atoms with Crippen molar-refractivity contribution in [3.8, 4) is 0 Å². The molecule has 1 N–H and O–H groups in total. The molecule has 18 heavy (non-hydrogen) atoms. The quantitative estimate of drug-likeness (QED) is 0.822. The molecule has 0 spiro atoms. The molecule has 0 aromatic carbocycles. The number of imidazole rings is 2. The minimum atomic E-state index is -0.843. The number of nitrogens with zero attached hydrogens (tertiary/aromatic N) is 4. The van der Waals surface area contributed by atoms with Gasteiger partial charge >= 0.3 is 5.97 Å². The Morgan fingerprint density at radius 3 is 2.94 bits per heavy atom. The summed E-state index contributed by atoms with van der Waals surface area (Å²) in [5.74, 6) is 0.0746. The molecular weight excluding hydrogens is 252 g/mol. The first kappa shape index (κ1) is 12.7. The maximum atomic E-state index is 10.6. The molecule has 96 valence electrons. The highest BCUT2D eigenvalue weighted by Crippen LogP contribution is 2.18. The summed E-state index contributed by atoms with van der Waals surface area (Å²) in [6.07, 6.45) is 5.52. The molecule has 0 fully saturated rings. The second-order valence-electron chi connectivity index (χ2n) is 3.93. The summed E-state index contributed by atoms with van der Waals surface area (Å²) in [6.45, 7) is 2.48. The number of aromatic nitrogens is 4. The van der Waals surface area contributed by atoms with Crippen molar-refractivity contribution in [1.29, 1.82) is 0 Å². The van der Waals surface area contributed by atoms with Gasteiger partial charge in [0.1, 0.15) is 5.82 Å². The number of thioether (sulfide) groups is 1. The maximum Gasteiger partial charge on any atom is 0.313 e. The number of carboxylic acids is 1. The van der Waals surface area contributed by atoms with Gasteiger partial charge in [0.05, 0.1) is 18.0 Å². The van der Waals surface area contributed by atoms with E-state index in [0.717, 1.165) is 11.5 Å². The van der Waals surface area contributed by atoms with E-state index in [1.807, 2.05) is 35.5 Å². The van der Waals surface area contributed by atoms with E-state index in [1.165, 1.54) is 11.8 Å². The summed E-state index contributed by atoms with van der Waals surface area (Å²) in [4.78, 5) is 19.2. The van der Waals surface area contributed by atoms with Crippen molar-refractivity contribution in [2.24, 2.45) is 7.05 Å². The van der Waals surface area contributed by atoms with Crippen LogP contribution in [0.4, 0.5) is 0 Å². The lowest BCUT2D eigenvalue weighted by atomic mass is 10.5. The van der Waals surface area contributed by atoms with Crippen molar-refractivity contribution >= 4 is 17.7 Å². The first-order valence-electron chi connectivity index (χ1n) is 5.41. The van der Waals surface area contributed by atoms with Crippen LogP contribution in [0.15, 0.2) is 23.7 Å². The number of carboxylic acid groups (broad SMARTS) is 1. The largest absolute Gasteiger partial charge is 0.481 e. The topological polar surface area (TPSA) is 72.9 Å². The molecule has 0 unspecified atom stereocenters.